The Kier molecular flexibility index (Phi) is 5.43. The summed E-state index contributed by atoms with van der Waals surface area (Å²) in [5, 5.41) is 2.93. The molecule has 1 atom stereocenters. The summed E-state index contributed by atoms with van der Waals surface area (Å²) in [6, 6.07) is 26.7. The molecule has 4 heteroatoms. The predicted molar refractivity (Wildman–Crippen MR) is 113 cm³/mol. The van der Waals surface area contributed by atoms with E-state index in [0.29, 0.717) is 13.1 Å². The number of piperazine rings is 1. The van der Waals surface area contributed by atoms with E-state index in [-0.39, 0.29) is 11.8 Å². The first kappa shape index (κ1) is 18.9. The number of rotatable bonds is 4. The van der Waals surface area contributed by atoms with Crippen molar-refractivity contribution in [2.24, 2.45) is 0 Å². The molecular weight excluding hydrogens is 360 g/mol. The first-order valence-electron chi connectivity index (χ1n) is 9.90. The van der Waals surface area contributed by atoms with Crippen molar-refractivity contribution >= 4 is 11.8 Å². The summed E-state index contributed by atoms with van der Waals surface area (Å²) in [6.45, 7) is 2.93. The summed E-state index contributed by atoms with van der Waals surface area (Å²) in [7, 11) is 0. The molecule has 0 radical (unpaired) electrons. The van der Waals surface area contributed by atoms with Crippen LogP contribution in [0.25, 0.3) is 0 Å². The highest BCUT2D eigenvalue weighted by Gasteiger charge is 2.38. The molecule has 2 amide bonds. The SMILES string of the molecule is Cc1ccccc1C1C(=O)NCCN1C(=O)C(c1ccccc1)c1ccccc1. The van der Waals surface area contributed by atoms with Crippen molar-refractivity contribution in [3.05, 3.63) is 107 Å². The number of carbonyl (C=O) groups is 2. The van der Waals surface area contributed by atoms with Crippen molar-refractivity contribution < 1.29 is 9.59 Å². The van der Waals surface area contributed by atoms with Crippen LogP contribution in [0.3, 0.4) is 0 Å². The number of nitrogens with zero attached hydrogens (tertiary/aromatic N) is 1. The van der Waals surface area contributed by atoms with Crippen molar-refractivity contribution in [3.63, 3.8) is 0 Å². The number of nitrogens with one attached hydrogen (secondary N) is 1. The topological polar surface area (TPSA) is 49.4 Å². The molecule has 1 N–H and O–H groups in total. The van der Waals surface area contributed by atoms with Crippen LogP contribution in [0.2, 0.25) is 0 Å². The van der Waals surface area contributed by atoms with E-state index >= 15 is 0 Å². The van der Waals surface area contributed by atoms with E-state index in [1.54, 1.807) is 4.90 Å². The van der Waals surface area contributed by atoms with Gasteiger partial charge in [-0.1, -0.05) is 84.9 Å². The van der Waals surface area contributed by atoms with Gasteiger partial charge in [0, 0.05) is 13.1 Å². The van der Waals surface area contributed by atoms with Gasteiger partial charge in [-0.15, -0.1) is 0 Å². The fraction of sp³-hybridized carbons (Fsp3) is 0.200. The number of hydrogen-bond donors (Lipinski definition) is 1. The lowest BCUT2D eigenvalue weighted by atomic mass is 9.88. The highest BCUT2D eigenvalue weighted by molar-refractivity contribution is 5.94. The molecule has 146 valence electrons. The van der Waals surface area contributed by atoms with E-state index in [2.05, 4.69) is 5.32 Å². The van der Waals surface area contributed by atoms with E-state index in [4.69, 9.17) is 0 Å². The maximum absolute atomic E-state index is 13.9. The maximum Gasteiger partial charge on any atom is 0.247 e. The maximum atomic E-state index is 13.9. The minimum atomic E-state index is -0.618. The summed E-state index contributed by atoms with van der Waals surface area (Å²) in [6.07, 6.45) is 0. The van der Waals surface area contributed by atoms with Crippen LogP contribution in [0.15, 0.2) is 84.9 Å². The quantitative estimate of drug-likeness (QED) is 0.743. The van der Waals surface area contributed by atoms with E-state index in [9.17, 15) is 9.59 Å². The Hall–Kier alpha value is -3.40. The normalized spacial score (nSPS) is 16.6. The van der Waals surface area contributed by atoms with Crippen molar-refractivity contribution in [3.8, 4) is 0 Å². The zero-order valence-electron chi connectivity index (χ0n) is 16.4. The number of aryl methyl sites for hydroxylation is 1. The Morgan fingerprint density at radius 3 is 2.03 bits per heavy atom. The third kappa shape index (κ3) is 3.79. The van der Waals surface area contributed by atoms with Crippen LogP contribution in [0.5, 0.6) is 0 Å². The van der Waals surface area contributed by atoms with Gasteiger partial charge in [0.15, 0.2) is 0 Å². The Labute approximate surface area is 171 Å². The van der Waals surface area contributed by atoms with E-state index in [0.717, 1.165) is 22.3 Å². The Balaban J connectivity index is 1.78. The van der Waals surface area contributed by atoms with Crippen LogP contribution in [0, 0.1) is 6.92 Å². The van der Waals surface area contributed by atoms with Crippen molar-refractivity contribution in [1.82, 2.24) is 10.2 Å². The molecule has 1 heterocycles. The van der Waals surface area contributed by atoms with Gasteiger partial charge in [0.25, 0.3) is 0 Å². The number of hydrogen-bond acceptors (Lipinski definition) is 2. The van der Waals surface area contributed by atoms with Crippen LogP contribution in [0.1, 0.15) is 34.2 Å². The fourth-order valence-electron chi connectivity index (χ4n) is 4.04. The molecule has 1 aliphatic heterocycles. The third-order valence-electron chi connectivity index (χ3n) is 5.49. The van der Waals surface area contributed by atoms with Crippen LogP contribution in [0.4, 0.5) is 0 Å². The summed E-state index contributed by atoms with van der Waals surface area (Å²) in [5.74, 6) is -0.626. The monoisotopic (exact) mass is 384 g/mol. The molecule has 1 fully saturated rings. The smallest absolute Gasteiger partial charge is 0.247 e. The van der Waals surface area contributed by atoms with Gasteiger partial charge in [0.2, 0.25) is 11.8 Å². The molecule has 4 nitrogen and oxygen atoms in total. The highest BCUT2D eigenvalue weighted by atomic mass is 16.2. The van der Waals surface area contributed by atoms with Gasteiger partial charge < -0.3 is 10.2 Å². The van der Waals surface area contributed by atoms with Gasteiger partial charge in [-0.3, -0.25) is 9.59 Å². The number of benzene rings is 3. The van der Waals surface area contributed by atoms with Crippen molar-refractivity contribution in [2.75, 3.05) is 13.1 Å². The Bertz CT molecular complexity index is 962. The summed E-state index contributed by atoms with van der Waals surface area (Å²) >= 11 is 0. The second-order valence-electron chi connectivity index (χ2n) is 7.34. The fourth-order valence-corrected chi connectivity index (χ4v) is 4.04. The largest absolute Gasteiger partial charge is 0.352 e. The van der Waals surface area contributed by atoms with Crippen LogP contribution >= 0.6 is 0 Å². The van der Waals surface area contributed by atoms with Gasteiger partial charge in [-0.05, 0) is 29.2 Å². The van der Waals surface area contributed by atoms with Crippen molar-refractivity contribution in [2.45, 2.75) is 18.9 Å². The lowest BCUT2D eigenvalue weighted by molar-refractivity contribution is -0.144. The zero-order chi connectivity index (χ0) is 20.2. The minimum absolute atomic E-state index is 0.0505. The molecule has 1 saturated heterocycles. The lowest BCUT2D eigenvalue weighted by Crippen LogP contribution is -2.53. The Morgan fingerprint density at radius 1 is 0.897 bits per heavy atom. The van der Waals surface area contributed by atoms with E-state index in [1.165, 1.54) is 0 Å². The average molecular weight is 384 g/mol. The molecule has 1 unspecified atom stereocenters. The standard InChI is InChI=1S/C25H24N2O2/c1-18-10-8-9-15-21(18)23-24(28)26-16-17-27(23)25(29)22(19-11-4-2-5-12-19)20-13-6-3-7-14-20/h2-15,22-23H,16-17H2,1H3,(H,26,28). The molecule has 0 aromatic heterocycles. The molecule has 0 bridgehead atoms. The second kappa shape index (κ2) is 8.31. The molecular formula is C25H24N2O2. The first-order chi connectivity index (χ1) is 14.2. The van der Waals surface area contributed by atoms with Gasteiger partial charge in [-0.2, -0.15) is 0 Å². The van der Waals surface area contributed by atoms with Crippen LogP contribution in [-0.4, -0.2) is 29.8 Å². The lowest BCUT2D eigenvalue weighted by Gasteiger charge is -2.38. The van der Waals surface area contributed by atoms with Crippen LogP contribution < -0.4 is 5.32 Å². The van der Waals surface area contributed by atoms with Gasteiger partial charge in [-0.25, -0.2) is 0 Å². The predicted octanol–water partition coefficient (Wildman–Crippen LogP) is 3.83. The first-order valence-corrected chi connectivity index (χ1v) is 9.90. The van der Waals surface area contributed by atoms with E-state index < -0.39 is 12.0 Å². The molecule has 0 saturated carbocycles. The molecule has 1 aliphatic rings. The van der Waals surface area contributed by atoms with Crippen LogP contribution in [-0.2, 0) is 9.59 Å². The molecule has 4 rings (SSSR count). The summed E-state index contributed by atoms with van der Waals surface area (Å²) in [4.78, 5) is 28.5. The molecule has 0 spiro atoms. The molecule has 0 aliphatic carbocycles. The minimum Gasteiger partial charge on any atom is -0.352 e. The van der Waals surface area contributed by atoms with Gasteiger partial charge >= 0.3 is 0 Å². The van der Waals surface area contributed by atoms with Gasteiger partial charge in [0.1, 0.15) is 6.04 Å². The van der Waals surface area contributed by atoms with Gasteiger partial charge in [0.05, 0.1) is 5.92 Å². The van der Waals surface area contributed by atoms with Crippen molar-refractivity contribution in [1.29, 1.82) is 0 Å². The average Bonchev–Trinajstić information content (AvgIpc) is 2.76. The molecule has 3 aromatic rings. The Morgan fingerprint density at radius 2 is 1.45 bits per heavy atom. The molecule has 29 heavy (non-hydrogen) atoms. The summed E-state index contributed by atoms with van der Waals surface area (Å²) < 4.78 is 0. The zero-order valence-corrected chi connectivity index (χ0v) is 16.4. The summed E-state index contributed by atoms with van der Waals surface area (Å²) in [5.41, 5.74) is 3.73. The second-order valence-corrected chi connectivity index (χ2v) is 7.34. The number of amides is 2. The number of carbonyl (C=O) groups excluding carboxylic acids is 2. The van der Waals surface area contributed by atoms with E-state index in [1.807, 2.05) is 91.9 Å². The molecule has 3 aromatic carbocycles. The highest BCUT2D eigenvalue weighted by Crippen LogP contribution is 2.33. The third-order valence-corrected chi connectivity index (χ3v) is 5.49.